The minimum absolute atomic E-state index is 0.0731. The van der Waals surface area contributed by atoms with Crippen molar-refractivity contribution in [1.82, 2.24) is 10.2 Å². The average Bonchev–Trinajstić information content (AvgIpc) is 2.79. The summed E-state index contributed by atoms with van der Waals surface area (Å²) >= 11 is 6.19. The van der Waals surface area contributed by atoms with Crippen molar-refractivity contribution >= 4 is 39.1 Å². The van der Waals surface area contributed by atoms with Crippen LogP contribution in [0, 0.1) is 0 Å². The van der Waals surface area contributed by atoms with Gasteiger partial charge in [0.15, 0.2) is 0 Å². The van der Waals surface area contributed by atoms with Crippen LogP contribution in [0.25, 0.3) is 0 Å². The highest BCUT2D eigenvalue weighted by molar-refractivity contribution is 7.92. The molecule has 2 rings (SSSR count). The van der Waals surface area contributed by atoms with Gasteiger partial charge in [-0.3, -0.25) is 13.9 Å². The monoisotopic (exact) mass is 525 g/mol. The molecule has 0 unspecified atom stereocenters. The Labute approximate surface area is 212 Å². The normalized spacial score (nSPS) is 12.1. The average molecular weight is 526 g/mol. The second-order valence-corrected chi connectivity index (χ2v) is 10.6. The van der Waals surface area contributed by atoms with Crippen molar-refractivity contribution in [3.63, 3.8) is 0 Å². The maximum absolute atomic E-state index is 13.5. The summed E-state index contributed by atoms with van der Waals surface area (Å²) in [5, 5.41) is 3.00. The molecule has 35 heavy (non-hydrogen) atoms. The number of halogens is 1. The van der Waals surface area contributed by atoms with Crippen LogP contribution in [0.4, 0.5) is 5.69 Å². The number of amides is 2. The van der Waals surface area contributed by atoms with E-state index in [0.29, 0.717) is 11.5 Å². The first kappa shape index (κ1) is 28.3. The number of benzene rings is 2. The third-order valence-electron chi connectivity index (χ3n) is 5.19. The molecule has 9 nitrogen and oxygen atoms in total. The number of sulfonamides is 1. The molecular formula is C24H32ClN3O6S. The molecule has 192 valence electrons. The van der Waals surface area contributed by atoms with Gasteiger partial charge >= 0.3 is 0 Å². The molecule has 0 fully saturated rings. The highest BCUT2D eigenvalue weighted by Gasteiger charge is 2.30. The zero-order valence-corrected chi connectivity index (χ0v) is 22.3. The van der Waals surface area contributed by atoms with E-state index < -0.39 is 28.5 Å². The predicted octanol–water partition coefficient (Wildman–Crippen LogP) is 3.07. The highest BCUT2D eigenvalue weighted by atomic mass is 35.5. The Bertz CT molecular complexity index is 1160. The van der Waals surface area contributed by atoms with Gasteiger partial charge in [-0.25, -0.2) is 8.42 Å². The minimum Gasteiger partial charge on any atom is -0.497 e. The molecule has 1 N–H and O–H groups in total. The first-order valence-electron chi connectivity index (χ1n) is 10.9. The van der Waals surface area contributed by atoms with E-state index in [9.17, 15) is 18.0 Å². The molecule has 0 saturated heterocycles. The summed E-state index contributed by atoms with van der Waals surface area (Å²) in [6.07, 6.45) is 1.000. The lowest BCUT2D eigenvalue weighted by Gasteiger charge is -2.32. The summed E-state index contributed by atoms with van der Waals surface area (Å²) in [6.45, 7) is 4.79. The molecule has 2 aromatic carbocycles. The van der Waals surface area contributed by atoms with Gasteiger partial charge in [0, 0.05) is 12.6 Å². The molecule has 0 aliphatic carbocycles. The van der Waals surface area contributed by atoms with Crippen molar-refractivity contribution in [3.8, 4) is 11.5 Å². The summed E-state index contributed by atoms with van der Waals surface area (Å²) in [5.74, 6) is 0.0554. The summed E-state index contributed by atoms with van der Waals surface area (Å²) in [7, 11) is -0.890. The smallest absolute Gasteiger partial charge is 0.244 e. The lowest BCUT2D eigenvalue weighted by Crippen LogP contribution is -2.52. The summed E-state index contributed by atoms with van der Waals surface area (Å²) in [6, 6.07) is 10.5. The van der Waals surface area contributed by atoms with Gasteiger partial charge in [0.25, 0.3) is 0 Å². The van der Waals surface area contributed by atoms with E-state index in [-0.39, 0.29) is 29.2 Å². The van der Waals surface area contributed by atoms with Crippen molar-refractivity contribution in [2.45, 2.75) is 39.4 Å². The molecule has 0 radical (unpaired) electrons. The first-order chi connectivity index (χ1) is 16.4. The van der Waals surface area contributed by atoms with Crippen LogP contribution in [0.1, 0.15) is 26.3 Å². The molecule has 0 aromatic heterocycles. The van der Waals surface area contributed by atoms with Gasteiger partial charge in [-0.1, -0.05) is 23.7 Å². The Hall–Kier alpha value is -2.98. The van der Waals surface area contributed by atoms with Gasteiger partial charge in [-0.2, -0.15) is 0 Å². The quantitative estimate of drug-likeness (QED) is 0.483. The van der Waals surface area contributed by atoms with Crippen LogP contribution in [0.5, 0.6) is 11.5 Å². The fourth-order valence-electron chi connectivity index (χ4n) is 3.38. The van der Waals surface area contributed by atoms with Crippen molar-refractivity contribution in [2.75, 3.05) is 31.3 Å². The SMILES string of the molecule is COc1cccc(CN(C(=O)CN(c2ccc(OC)c(Cl)c2)S(C)(=O)=O)[C@@H](C)C(=O)NC(C)C)c1. The van der Waals surface area contributed by atoms with Gasteiger partial charge < -0.3 is 19.7 Å². The van der Waals surface area contributed by atoms with Crippen LogP contribution in [0.3, 0.4) is 0 Å². The first-order valence-corrected chi connectivity index (χ1v) is 13.1. The number of nitrogens with one attached hydrogen (secondary N) is 1. The molecule has 0 aliphatic heterocycles. The minimum atomic E-state index is -3.87. The van der Waals surface area contributed by atoms with Gasteiger partial charge in [-0.05, 0) is 56.7 Å². The molecule has 0 aliphatic rings. The van der Waals surface area contributed by atoms with Crippen LogP contribution in [-0.2, 0) is 26.2 Å². The van der Waals surface area contributed by atoms with Crippen LogP contribution in [0.2, 0.25) is 5.02 Å². The standard InChI is InChI=1S/C24H32ClN3O6S/c1-16(2)26-24(30)17(3)27(14-18-8-7-9-20(12-18)33-4)23(29)15-28(35(6,31)32)19-10-11-22(34-5)21(25)13-19/h7-13,16-17H,14-15H2,1-6H3,(H,26,30)/t17-/m0/s1. The zero-order chi connectivity index (χ0) is 26.3. The number of nitrogens with zero attached hydrogens (tertiary/aromatic N) is 2. The summed E-state index contributed by atoms with van der Waals surface area (Å²) in [4.78, 5) is 27.7. The van der Waals surface area contributed by atoms with Gasteiger partial charge in [0.1, 0.15) is 24.1 Å². The lowest BCUT2D eigenvalue weighted by molar-refractivity contribution is -0.139. The van der Waals surface area contributed by atoms with Crippen LogP contribution < -0.4 is 19.1 Å². The van der Waals surface area contributed by atoms with E-state index in [4.69, 9.17) is 21.1 Å². The van der Waals surface area contributed by atoms with E-state index in [1.807, 2.05) is 13.8 Å². The third kappa shape index (κ3) is 7.76. The zero-order valence-electron chi connectivity index (χ0n) is 20.7. The Morgan fingerprint density at radius 1 is 1.06 bits per heavy atom. The summed E-state index contributed by atoms with van der Waals surface area (Å²) in [5.41, 5.74) is 0.924. The largest absolute Gasteiger partial charge is 0.497 e. The molecular weight excluding hydrogens is 494 g/mol. The number of hydrogen-bond donors (Lipinski definition) is 1. The molecule has 2 amide bonds. The molecule has 1 atom stereocenters. The second kappa shape index (κ2) is 12.1. The van der Waals surface area contributed by atoms with E-state index in [1.165, 1.54) is 37.3 Å². The third-order valence-corrected chi connectivity index (χ3v) is 6.62. The molecule has 0 bridgehead atoms. The molecule has 0 spiro atoms. The van der Waals surface area contributed by atoms with Crippen LogP contribution in [-0.4, -0.2) is 64.2 Å². The van der Waals surface area contributed by atoms with Gasteiger partial charge in [0.2, 0.25) is 21.8 Å². The van der Waals surface area contributed by atoms with E-state index >= 15 is 0 Å². The molecule has 0 saturated carbocycles. The number of carbonyl (C=O) groups excluding carboxylic acids is 2. The Morgan fingerprint density at radius 3 is 2.29 bits per heavy atom. The highest BCUT2D eigenvalue weighted by Crippen LogP contribution is 2.30. The number of hydrogen-bond acceptors (Lipinski definition) is 6. The van der Waals surface area contributed by atoms with E-state index in [1.54, 1.807) is 31.2 Å². The number of ether oxygens (including phenoxy) is 2. The molecule has 11 heteroatoms. The Morgan fingerprint density at radius 2 is 1.74 bits per heavy atom. The van der Waals surface area contributed by atoms with Crippen LogP contribution in [0.15, 0.2) is 42.5 Å². The number of carbonyl (C=O) groups is 2. The number of anilines is 1. The van der Waals surface area contributed by atoms with Crippen molar-refractivity contribution in [3.05, 3.63) is 53.1 Å². The predicted molar refractivity (Wildman–Crippen MR) is 136 cm³/mol. The molecule has 0 heterocycles. The Kier molecular flexibility index (Phi) is 9.79. The van der Waals surface area contributed by atoms with Gasteiger partial charge in [0.05, 0.1) is 31.2 Å². The number of rotatable bonds is 11. The summed E-state index contributed by atoms with van der Waals surface area (Å²) < 4.78 is 36.6. The van der Waals surface area contributed by atoms with Gasteiger partial charge in [-0.15, -0.1) is 0 Å². The van der Waals surface area contributed by atoms with Crippen LogP contribution >= 0.6 is 11.6 Å². The van der Waals surface area contributed by atoms with E-state index in [0.717, 1.165) is 16.1 Å². The van der Waals surface area contributed by atoms with Crippen molar-refractivity contribution < 1.29 is 27.5 Å². The van der Waals surface area contributed by atoms with E-state index in [2.05, 4.69) is 5.32 Å². The topological polar surface area (TPSA) is 105 Å². The maximum atomic E-state index is 13.5. The number of methoxy groups -OCH3 is 2. The second-order valence-electron chi connectivity index (χ2n) is 8.30. The molecule has 2 aromatic rings. The lowest BCUT2D eigenvalue weighted by atomic mass is 10.1. The van der Waals surface area contributed by atoms with Crippen molar-refractivity contribution in [2.24, 2.45) is 0 Å². The van der Waals surface area contributed by atoms with Crippen molar-refractivity contribution in [1.29, 1.82) is 0 Å². The fraction of sp³-hybridized carbons (Fsp3) is 0.417. The Balaban J connectivity index is 2.43. The fourth-order valence-corrected chi connectivity index (χ4v) is 4.47. The maximum Gasteiger partial charge on any atom is 0.244 e.